The lowest BCUT2D eigenvalue weighted by molar-refractivity contribution is -0.130. The first kappa shape index (κ1) is 17.8. The van der Waals surface area contributed by atoms with Gasteiger partial charge >= 0.3 is 0 Å². The number of carbonyl (C=O) groups excluding carboxylic acids is 1. The van der Waals surface area contributed by atoms with E-state index in [1.165, 1.54) is 11.1 Å². The van der Waals surface area contributed by atoms with Crippen LogP contribution in [0.4, 0.5) is 0 Å². The summed E-state index contributed by atoms with van der Waals surface area (Å²) in [5, 5.41) is 13.1. The van der Waals surface area contributed by atoms with Gasteiger partial charge in [0.15, 0.2) is 11.5 Å². The highest BCUT2D eigenvalue weighted by molar-refractivity contribution is 5.81. The standard InChI is InChI=1S/C21H24N2O4/c24-17(13-23-10-9-15-5-1-2-6-16(15)12-23)11-22-21(25)20-14-26-18-7-3-4-8-19(18)27-20/h1-8,17,20,24H,9-14H2,(H,22,25). The molecule has 0 bridgehead atoms. The number of nitrogens with one attached hydrogen (secondary N) is 1. The van der Waals surface area contributed by atoms with Crippen molar-refractivity contribution < 1.29 is 19.4 Å². The van der Waals surface area contributed by atoms with E-state index in [0.29, 0.717) is 18.0 Å². The normalized spacial score (nSPS) is 19.8. The van der Waals surface area contributed by atoms with Gasteiger partial charge in [0.2, 0.25) is 6.10 Å². The predicted molar refractivity (Wildman–Crippen MR) is 101 cm³/mol. The van der Waals surface area contributed by atoms with E-state index in [2.05, 4.69) is 28.4 Å². The van der Waals surface area contributed by atoms with Crippen molar-refractivity contribution in [3.05, 3.63) is 59.7 Å². The highest BCUT2D eigenvalue weighted by Gasteiger charge is 2.27. The molecule has 6 nitrogen and oxygen atoms in total. The number of ether oxygens (including phenoxy) is 2. The van der Waals surface area contributed by atoms with Crippen LogP contribution in [0.5, 0.6) is 11.5 Å². The average Bonchev–Trinajstić information content (AvgIpc) is 2.71. The summed E-state index contributed by atoms with van der Waals surface area (Å²) < 4.78 is 11.2. The van der Waals surface area contributed by atoms with Crippen LogP contribution in [0.1, 0.15) is 11.1 Å². The van der Waals surface area contributed by atoms with Crippen molar-refractivity contribution in [3.8, 4) is 11.5 Å². The molecule has 2 heterocycles. The Morgan fingerprint density at radius 1 is 1.15 bits per heavy atom. The quantitative estimate of drug-likeness (QED) is 0.834. The van der Waals surface area contributed by atoms with Crippen LogP contribution < -0.4 is 14.8 Å². The zero-order valence-electron chi connectivity index (χ0n) is 15.1. The van der Waals surface area contributed by atoms with Crippen LogP contribution in [-0.2, 0) is 17.8 Å². The fraction of sp³-hybridized carbons (Fsp3) is 0.381. The Morgan fingerprint density at radius 2 is 1.89 bits per heavy atom. The molecule has 2 unspecified atom stereocenters. The topological polar surface area (TPSA) is 71.0 Å². The number of aliphatic hydroxyl groups is 1. The van der Waals surface area contributed by atoms with Gasteiger partial charge in [-0.05, 0) is 29.7 Å². The molecule has 0 saturated carbocycles. The molecule has 2 atom stereocenters. The Labute approximate surface area is 158 Å². The first-order valence-electron chi connectivity index (χ1n) is 9.32. The van der Waals surface area contributed by atoms with E-state index in [-0.39, 0.29) is 19.1 Å². The maximum Gasteiger partial charge on any atom is 0.264 e. The van der Waals surface area contributed by atoms with Gasteiger partial charge in [0.25, 0.3) is 5.91 Å². The zero-order chi connectivity index (χ0) is 18.6. The Hall–Kier alpha value is -2.57. The third kappa shape index (κ3) is 4.23. The molecule has 0 spiro atoms. The molecule has 2 aromatic carbocycles. The smallest absolute Gasteiger partial charge is 0.264 e. The minimum absolute atomic E-state index is 0.169. The highest BCUT2D eigenvalue weighted by atomic mass is 16.6. The molecule has 27 heavy (non-hydrogen) atoms. The summed E-state index contributed by atoms with van der Waals surface area (Å²) in [5.74, 6) is 0.941. The molecule has 2 aliphatic heterocycles. The van der Waals surface area contributed by atoms with Crippen LogP contribution in [0.3, 0.4) is 0 Å². The molecule has 0 radical (unpaired) electrons. The Balaban J connectivity index is 1.24. The van der Waals surface area contributed by atoms with Crippen LogP contribution in [-0.4, -0.2) is 54.4 Å². The predicted octanol–water partition coefficient (Wildman–Crippen LogP) is 1.36. The molecule has 4 rings (SSSR count). The van der Waals surface area contributed by atoms with Crippen LogP contribution in [0.25, 0.3) is 0 Å². The number of β-amino-alcohol motifs (C(OH)–C–C–N with tert-alkyl or cyclic N) is 1. The van der Waals surface area contributed by atoms with Gasteiger partial charge < -0.3 is 19.9 Å². The summed E-state index contributed by atoms with van der Waals surface area (Å²) >= 11 is 0. The van der Waals surface area contributed by atoms with E-state index in [1.807, 2.05) is 24.3 Å². The lowest BCUT2D eigenvalue weighted by atomic mass is 10.00. The maximum absolute atomic E-state index is 12.3. The van der Waals surface area contributed by atoms with Gasteiger partial charge in [0.05, 0.1) is 6.10 Å². The molecule has 6 heteroatoms. The van der Waals surface area contributed by atoms with Crippen LogP contribution in [0, 0.1) is 0 Å². The van der Waals surface area contributed by atoms with Gasteiger partial charge in [-0.15, -0.1) is 0 Å². The second-order valence-corrected chi connectivity index (χ2v) is 7.02. The van der Waals surface area contributed by atoms with Gasteiger partial charge in [-0.2, -0.15) is 0 Å². The fourth-order valence-corrected chi connectivity index (χ4v) is 3.55. The summed E-state index contributed by atoms with van der Waals surface area (Å²) in [6.07, 6.45) is -0.341. The summed E-state index contributed by atoms with van der Waals surface area (Å²) in [5.41, 5.74) is 2.69. The SMILES string of the molecule is O=C(NCC(O)CN1CCc2ccccc2C1)C1COc2ccccc2O1. The van der Waals surface area contributed by atoms with Gasteiger partial charge in [0.1, 0.15) is 6.61 Å². The van der Waals surface area contributed by atoms with E-state index in [1.54, 1.807) is 6.07 Å². The van der Waals surface area contributed by atoms with E-state index in [4.69, 9.17) is 9.47 Å². The molecule has 0 saturated heterocycles. The molecule has 142 valence electrons. The molecule has 0 aliphatic carbocycles. The lowest BCUT2D eigenvalue weighted by Crippen LogP contribution is -2.48. The molecule has 0 aromatic heterocycles. The fourth-order valence-electron chi connectivity index (χ4n) is 3.55. The Kier molecular flexibility index (Phi) is 5.27. The molecule has 2 aromatic rings. The van der Waals surface area contributed by atoms with E-state index in [0.717, 1.165) is 19.5 Å². The number of nitrogens with zero attached hydrogens (tertiary/aromatic N) is 1. The average molecular weight is 368 g/mol. The number of carbonyl (C=O) groups is 1. The van der Waals surface area contributed by atoms with Crippen LogP contribution >= 0.6 is 0 Å². The number of fused-ring (bicyclic) bond motifs is 2. The van der Waals surface area contributed by atoms with Gasteiger partial charge in [0, 0.05) is 26.2 Å². The summed E-state index contributed by atoms with van der Waals surface area (Å²) in [6.45, 7) is 2.63. The minimum Gasteiger partial charge on any atom is -0.485 e. The van der Waals surface area contributed by atoms with Crippen molar-refractivity contribution in [2.24, 2.45) is 0 Å². The second kappa shape index (κ2) is 7.98. The van der Waals surface area contributed by atoms with Crippen molar-refractivity contribution >= 4 is 5.91 Å². The number of hydrogen-bond acceptors (Lipinski definition) is 5. The Morgan fingerprint density at radius 3 is 2.74 bits per heavy atom. The summed E-state index contributed by atoms with van der Waals surface area (Å²) in [4.78, 5) is 14.5. The van der Waals surface area contributed by atoms with Gasteiger partial charge in [-0.3, -0.25) is 9.69 Å². The summed E-state index contributed by atoms with van der Waals surface area (Å²) in [7, 11) is 0. The summed E-state index contributed by atoms with van der Waals surface area (Å²) in [6, 6.07) is 15.7. The first-order chi connectivity index (χ1) is 13.2. The second-order valence-electron chi connectivity index (χ2n) is 7.02. The third-order valence-electron chi connectivity index (χ3n) is 4.99. The maximum atomic E-state index is 12.3. The van der Waals surface area contributed by atoms with Crippen molar-refractivity contribution in [2.45, 2.75) is 25.2 Å². The number of aliphatic hydroxyl groups excluding tert-OH is 1. The van der Waals surface area contributed by atoms with E-state index < -0.39 is 12.2 Å². The molecule has 1 amide bonds. The van der Waals surface area contributed by atoms with Crippen molar-refractivity contribution in [1.82, 2.24) is 10.2 Å². The number of para-hydroxylation sites is 2. The molecule has 2 N–H and O–H groups in total. The molecular weight excluding hydrogens is 344 g/mol. The van der Waals surface area contributed by atoms with Crippen molar-refractivity contribution in [3.63, 3.8) is 0 Å². The minimum atomic E-state index is -0.700. The lowest BCUT2D eigenvalue weighted by Gasteiger charge is -2.30. The Bertz CT molecular complexity index is 810. The molecular formula is C21H24N2O4. The number of hydrogen-bond donors (Lipinski definition) is 2. The van der Waals surface area contributed by atoms with E-state index >= 15 is 0 Å². The molecule has 0 fully saturated rings. The van der Waals surface area contributed by atoms with Crippen molar-refractivity contribution in [2.75, 3.05) is 26.2 Å². The highest BCUT2D eigenvalue weighted by Crippen LogP contribution is 2.30. The number of rotatable bonds is 5. The van der Waals surface area contributed by atoms with Crippen molar-refractivity contribution in [1.29, 1.82) is 0 Å². The van der Waals surface area contributed by atoms with E-state index in [9.17, 15) is 9.90 Å². The van der Waals surface area contributed by atoms with Crippen LogP contribution in [0.15, 0.2) is 48.5 Å². The van der Waals surface area contributed by atoms with Gasteiger partial charge in [-0.1, -0.05) is 36.4 Å². The van der Waals surface area contributed by atoms with Crippen LogP contribution in [0.2, 0.25) is 0 Å². The first-order valence-corrected chi connectivity index (χ1v) is 9.32. The monoisotopic (exact) mass is 368 g/mol. The molecule has 2 aliphatic rings. The number of amides is 1. The third-order valence-corrected chi connectivity index (χ3v) is 4.99. The number of benzene rings is 2. The van der Waals surface area contributed by atoms with Gasteiger partial charge in [-0.25, -0.2) is 0 Å². The zero-order valence-corrected chi connectivity index (χ0v) is 15.1. The largest absolute Gasteiger partial charge is 0.485 e.